The molecular weight excluding hydrogens is 448 g/mol. The Balaban J connectivity index is 1.24. The molecule has 8 rings (SSSR count). The first-order chi connectivity index (χ1) is 18.3. The van der Waals surface area contributed by atoms with Crippen LogP contribution in [0.5, 0.6) is 0 Å². The van der Waals surface area contributed by atoms with Crippen molar-refractivity contribution in [3.8, 4) is 50.5 Å². The van der Waals surface area contributed by atoms with Crippen molar-refractivity contribution in [2.75, 3.05) is 0 Å². The molecule has 172 valence electrons. The van der Waals surface area contributed by atoms with Crippen LogP contribution < -0.4 is 0 Å². The number of para-hydroxylation sites is 2. The monoisotopic (exact) mass is 470 g/mol. The molecule has 0 fully saturated rings. The van der Waals surface area contributed by atoms with Crippen LogP contribution in [0.4, 0.5) is 0 Å². The summed E-state index contributed by atoms with van der Waals surface area (Å²) in [5.41, 5.74) is 12.1. The lowest BCUT2D eigenvalue weighted by molar-refractivity contribution is 1.10. The van der Waals surface area contributed by atoms with Gasteiger partial charge >= 0.3 is 0 Å². The second kappa shape index (κ2) is 7.78. The van der Waals surface area contributed by atoms with E-state index in [0.29, 0.717) is 0 Å². The van der Waals surface area contributed by atoms with Gasteiger partial charge in [-0.05, 0) is 74.5 Å². The Morgan fingerprint density at radius 3 is 1.97 bits per heavy atom. The van der Waals surface area contributed by atoms with Crippen molar-refractivity contribution in [2.45, 2.75) is 0 Å². The van der Waals surface area contributed by atoms with Crippen LogP contribution in [0.25, 0.3) is 72.3 Å². The van der Waals surface area contributed by atoms with E-state index in [9.17, 15) is 0 Å². The third-order valence-electron chi connectivity index (χ3n) is 7.56. The van der Waals surface area contributed by atoms with E-state index in [1.165, 1.54) is 44.2 Å². The van der Waals surface area contributed by atoms with E-state index < -0.39 is 0 Å². The summed E-state index contributed by atoms with van der Waals surface area (Å²) < 4.78 is 2.26. The van der Waals surface area contributed by atoms with Crippen LogP contribution in [0.15, 0.2) is 133 Å². The van der Waals surface area contributed by atoms with Crippen LogP contribution in [0.2, 0.25) is 0 Å². The van der Waals surface area contributed by atoms with Crippen LogP contribution in [0.1, 0.15) is 0 Å². The summed E-state index contributed by atoms with van der Waals surface area (Å²) in [7, 11) is 0. The first-order valence-electron chi connectivity index (χ1n) is 12.7. The molecule has 0 bridgehead atoms. The predicted molar refractivity (Wildman–Crippen MR) is 154 cm³/mol. The summed E-state index contributed by atoms with van der Waals surface area (Å²) in [4.78, 5) is 4.98. The van der Waals surface area contributed by atoms with E-state index in [1.807, 2.05) is 12.1 Å². The van der Waals surface area contributed by atoms with Gasteiger partial charge in [-0.3, -0.25) is 4.57 Å². The minimum Gasteiger partial charge on any atom is -0.292 e. The van der Waals surface area contributed by atoms with Gasteiger partial charge < -0.3 is 0 Å². The van der Waals surface area contributed by atoms with Crippen molar-refractivity contribution < 1.29 is 0 Å². The Hall–Kier alpha value is -4.95. The van der Waals surface area contributed by atoms with Gasteiger partial charge in [-0.1, -0.05) is 103 Å². The fourth-order valence-electron chi connectivity index (χ4n) is 5.84. The zero-order valence-corrected chi connectivity index (χ0v) is 20.1. The third kappa shape index (κ3) is 3.03. The molecule has 0 atom stereocenters. The molecule has 1 heterocycles. The van der Waals surface area contributed by atoms with Gasteiger partial charge in [0, 0.05) is 11.3 Å². The Bertz CT molecular complexity index is 1960. The smallest absolute Gasteiger partial charge is 0.145 e. The topological polar surface area (TPSA) is 17.8 Å². The second-order valence-corrected chi connectivity index (χ2v) is 9.64. The molecule has 37 heavy (non-hydrogen) atoms. The summed E-state index contributed by atoms with van der Waals surface area (Å²) in [6.45, 7) is 0. The molecule has 0 amide bonds. The lowest BCUT2D eigenvalue weighted by atomic mass is 9.97. The minimum absolute atomic E-state index is 0.956. The highest BCUT2D eigenvalue weighted by Gasteiger charge is 2.21. The Labute approximate surface area is 215 Å². The number of imidazole rings is 1. The average Bonchev–Trinajstić information content (AvgIpc) is 3.51. The number of fused-ring (bicyclic) bond motifs is 4. The van der Waals surface area contributed by atoms with Crippen LogP contribution in [-0.4, -0.2) is 9.55 Å². The number of hydrogen-bond acceptors (Lipinski definition) is 1. The summed E-state index contributed by atoms with van der Waals surface area (Å²) >= 11 is 0. The van der Waals surface area contributed by atoms with Gasteiger partial charge in [0.2, 0.25) is 0 Å². The lowest BCUT2D eigenvalue weighted by Gasteiger charge is -2.12. The number of aromatic nitrogens is 2. The van der Waals surface area contributed by atoms with E-state index >= 15 is 0 Å². The van der Waals surface area contributed by atoms with Gasteiger partial charge in [0.25, 0.3) is 0 Å². The molecule has 0 aliphatic heterocycles. The van der Waals surface area contributed by atoms with Gasteiger partial charge in [0.1, 0.15) is 5.82 Å². The molecule has 1 aliphatic carbocycles. The maximum absolute atomic E-state index is 4.98. The SMILES string of the molecule is c1ccc(-c2nc3ccccc3n2-c2ccc(-c3ccc4c(c3)-c3cccc5cccc-4c35)cc2)cc1. The Kier molecular flexibility index (Phi) is 4.26. The molecule has 0 saturated heterocycles. The zero-order chi connectivity index (χ0) is 24.3. The van der Waals surface area contributed by atoms with Gasteiger partial charge in [-0.15, -0.1) is 0 Å². The molecule has 2 nitrogen and oxygen atoms in total. The molecule has 1 aliphatic rings. The van der Waals surface area contributed by atoms with E-state index in [2.05, 4.69) is 126 Å². The van der Waals surface area contributed by atoms with Gasteiger partial charge in [0.15, 0.2) is 0 Å². The standard InChI is InChI=1S/C35H22N2/c1-2-8-25(9-3-1)35-36-32-14-4-5-15-33(32)37(35)27-19-16-23(17-20-27)26-18-21-28-29-12-6-10-24-11-7-13-30(34(24)29)31(28)22-26/h1-22H. The van der Waals surface area contributed by atoms with Crippen LogP contribution in [0.3, 0.4) is 0 Å². The quantitative estimate of drug-likeness (QED) is 0.252. The number of hydrogen-bond donors (Lipinski definition) is 0. The second-order valence-electron chi connectivity index (χ2n) is 9.64. The average molecular weight is 471 g/mol. The third-order valence-corrected chi connectivity index (χ3v) is 7.56. The fourth-order valence-corrected chi connectivity index (χ4v) is 5.84. The number of benzene rings is 6. The molecule has 0 N–H and O–H groups in total. The van der Waals surface area contributed by atoms with Crippen LogP contribution in [-0.2, 0) is 0 Å². The van der Waals surface area contributed by atoms with Gasteiger partial charge in [0.05, 0.1) is 11.0 Å². The summed E-state index contributed by atoms with van der Waals surface area (Å²) in [5.74, 6) is 0.956. The molecular formula is C35H22N2. The highest BCUT2D eigenvalue weighted by Crippen LogP contribution is 2.48. The molecule has 6 aromatic carbocycles. The Morgan fingerprint density at radius 1 is 0.459 bits per heavy atom. The summed E-state index contributed by atoms with van der Waals surface area (Å²) in [6, 6.07) is 47.7. The molecule has 0 unspecified atom stereocenters. The summed E-state index contributed by atoms with van der Waals surface area (Å²) in [6.07, 6.45) is 0. The number of nitrogens with zero attached hydrogens (tertiary/aromatic N) is 2. The van der Waals surface area contributed by atoms with Crippen molar-refractivity contribution in [2.24, 2.45) is 0 Å². The van der Waals surface area contributed by atoms with Crippen LogP contribution >= 0.6 is 0 Å². The van der Waals surface area contributed by atoms with Crippen molar-refractivity contribution in [3.05, 3.63) is 133 Å². The first kappa shape index (κ1) is 20.3. The van der Waals surface area contributed by atoms with Crippen molar-refractivity contribution in [1.82, 2.24) is 9.55 Å². The largest absolute Gasteiger partial charge is 0.292 e. The Morgan fingerprint density at radius 2 is 1.16 bits per heavy atom. The highest BCUT2D eigenvalue weighted by molar-refractivity contribution is 6.15. The molecule has 2 heteroatoms. The van der Waals surface area contributed by atoms with E-state index in [0.717, 1.165) is 28.1 Å². The molecule has 0 spiro atoms. The van der Waals surface area contributed by atoms with Gasteiger partial charge in [-0.2, -0.15) is 0 Å². The molecule has 1 aromatic heterocycles. The molecule has 0 saturated carbocycles. The van der Waals surface area contributed by atoms with E-state index in [4.69, 9.17) is 4.98 Å². The maximum Gasteiger partial charge on any atom is 0.145 e. The predicted octanol–water partition coefficient (Wildman–Crippen LogP) is 9.16. The van der Waals surface area contributed by atoms with Gasteiger partial charge in [-0.25, -0.2) is 4.98 Å². The maximum atomic E-state index is 4.98. The van der Waals surface area contributed by atoms with E-state index in [-0.39, 0.29) is 0 Å². The minimum atomic E-state index is 0.956. The number of rotatable bonds is 3. The first-order valence-corrected chi connectivity index (χ1v) is 12.7. The molecule has 7 aromatic rings. The van der Waals surface area contributed by atoms with Crippen molar-refractivity contribution >= 4 is 21.8 Å². The van der Waals surface area contributed by atoms with Crippen molar-refractivity contribution in [3.63, 3.8) is 0 Å². The van der Waals surface area contributed by atoms with Crippen LogP contribution in [0, 0.1) is 0 Å². The summed E-state index contributed by atoms with van der Waals surface area (Å²) in [5, 5.41) is 2.67. The normalized spacial score (nSPS) is 11.8. The highest BCUT2D eigenvalue weighted by atomic mass is 15.1. The van der Waals surface area contributed by atoms with E-state index in [1.54, 1.807) is 0 Å². The fraction of sp³-hybridized carbons (Fsp3) is 0. The van der Waals surface area contributed by atoms with Crippen molar-refractivity contribution in [1.29, 1.82) is 0 Å². The zero-order valence-electron chi connectivity index (χ0n) is 20.1. The lowest BCUT2D eigenvalue weighted by Crippen LogP contribution is -1.97. The molecule has 0 radical (unpaired) electrons.